The lowest BCUT2D eigenvalue weighted by Gasteiger charge is -2.15. The molecule has 4 nitrogen and oxygen atoms in total. The van der Waals surface area contributed by atoms with E-state index in [1.54, 1.807) is 24.6 Å². The van der Waals surface area contributed by atoms with Crippen molar-refractivity contribution in [3.8, 4) is 0 Å². The van der Waals surface area contributed by atoms with Gasteiger partial charge in [-0.3, -0.25) is 4.79 Å². The average Bonchev–Trinajstić information content (AvgIpc) is 2.73. The summed E-state index contributed by atoms with van der Waals surface area (Å²) in [6.45, 7) is 2.38. The summed E-state index contributed by atoms with van der Waals surface area (Å²) in [5.74, 6) is -0.884. The van der Waals surface area contributed by atoms with Crippen molar-refractivity contribution in [1.82, 2.24) is 14.9 Å². The number of nitrogens with zero attached hydrogens (tertiary/aromatic N) is 3. The van der Waals surface area contributed by atoms with Crippen LogP contribution in [0.25, 0.3) is 0 Å². The van der Waals surface area contributed by atoms with Gasteiger partial charge in [0, 0.05) is 35.9 Å². The minimum absolute atomic E-state index is 0.234. The minimum Gasteiger partial charge on any atom is -0.337 e. The number of hydrogen-bond donors (Lipinski definition) is 0. The fourth-order valence-corrected chi connectivity index (χ4v) is 2.39. The van der Waals surface area contributed by atoms with E-state index >= 15 is 0 Å². The van der Waals surface area contributed by atoms with Crippen LogP contribution in [0.3, 0.4) is 0 Å². The molecule has 0 bridgehead atoms. The summed E-state index contributed by atoms with van der Waals surface area (Å²) in [7, 11) is 1.68. The number of halogens is 1. The van der Waals surface area contributed by atoms with E-state index in [0.29, 0.717) is 12.1 Å². The van der Waals surface area contributed by atoms with Gasteiger partial charge in [0.25, 0.3) is 5.91 Å². The van der Waals surface area contributed by atoms with Gasteiger partial charge >= 0.3 is 0 Å². The van der Waals surface area contributed by atoms with Crippen molar-refractivity contribution >= 4 is 17.2 Å². The molecular formula is C12H12FN3OS. The van der Waals surface area contributed by atoms with Crippen LogP contribution in [-0.4, -0.2) is 27.8 Å². The first-order chi connectivity index (χ1) is 8.56. The highest BCUT2D eigenvalue weighted by Gasteiger charge is 2.13. The highest BCUT2D eigenvalue weighted by Crippen LogP contribution is 2.15. The number of thiazole rings is 1. The Morgan fingerprint density at radius 2 is 2.28 bits per heavy atom. The van der Waals surface area contributed by atoms with E-state index in [9.17, 15) is 9.18 Å². The van der Waals surface area contributed by atoms with Crippen LogP contribution in [0, 0.1) is 12.9 Å². The Hall–Kier alpha value is -1.82. The molecule has 0 saturated heterocycles. The molecule has 2 heterocycles. The van der Waals surface area contributed by atoms with Crippen LogP contribution in [0.4, 0.5) is 4.39 Å². The first-order valence-electron chi connectivity index (χ1n) is 5.34. The summed E-state index contributed by atoms with van der Waals surface area (Å²) >= 11 is 1.54. The molecule has 0 atom stereocenters. The fraction of sp³-hybridized carbons (Fsp3) is 0.250. The minimum atomic E-state index is -0.650. The van der Waals surface area contributed by atoms with Gasteiger partial charge in [-0.25, -0.2) is 9.97 Å². The molecule has 18 heavy (non-hydrogen) atoms. The Kier molecular flexibility index (Phi) is 3.66. The maximum atomic E-state index is 12.9. The van der Waals surface area contributed by atoms with Crippen LogP contribution < -0.4 is 0 Å². The first-order valence-corrected chi connectivity index (χ1v) is 6.16. The van der Waals surface area contributed by atoms with Crippen LogP contribution in [0.1, 0.15) is 20.2 Å². The molecular weight excluding hydrogens is 253 g/mol. The summed E-state index contributed by atoms with van der Waals surface area (Å²) in [6.07, 6.45) is 3.03. The van der Waals surface area contributed by atoms with Gasteiger partial charge in [-0.1, -0.05) is 0 Å². The summed E-state index contributed by atoms with van der Waals surface area (Å²) in [4.78, 5) is 22.1. The zero-order valence-corrected chi connectivity index (χ0v) is 10.9. The molecule has 2 rings (SSSR count). The van der Waals surface area contributed by atoms with Crippen molar-refractivity contribution in [2.75, 3.05) is 7.05 Å². The average molecular weight is 265 g/mol. The third-order valence-electron chi connectivity index (χ3n) is 2.38. The molecule has 0 spiro atoms. The molecule has 6 heteroatoms. The quantitative estimate of drug-likeness (QED) is 0.800. The van der Waals surface area contributed by atoms with E-state index in [-0.39, 0.29) is 5.91 Å². The van der Waals surface area contributed by atoms with Gasteiger partial charge in [0.2, 0.25) is 5.95 Å². The number of rotatable bonds is 3. The van der Waals surface area contributed by atoms with Crippen molar-refractivity contribution in [3.05, 3.63) is 45.9 Å². The largest absolute Gasteiger partial charge is 0.337 e. The molecule has 0 aliphatic heterocycles. The van der Waals surface area contributed by atoms with E-state index in [0.717, 1.165) is 16.0 Å². The Labute approximate surface area is 108 Å². The van der Waals surface area contributed by atoms with Gasteiger partial charge in [0.05, 0.1) is 11.6 Å². The second kappa shape index (κ2) is 5.22. The van der Waals surface area contributed by atoms with E-state index in [1.165, 1.54) is 17.2 Å². The number of carbonyl (C=O) groups excluding carboxylic acids is 1. The molecule has 94 valence electrons. The van der Waals surface area contributed by atoms with Crippen LogP contribution >= 0.6 is 11.3 Å². The normalized spacial score (nSPS) is 10.4. The maximum Gasteiger partial charge on any atom is 0.254 e. The maximum absolute atomic E-state index is 12.9. The highest BCUT2D eigenvalue weighted by atomic mass is 32.1. The fourth-order valence-electron chi connectivity index (χ4n) is 1.54. The van der Waals surface area contributed by atoms with Crippen molar-refractivity contribution in [2.24, 2.45) is 0 Å². The molecule has 0 unspecified atom stereocenters. The third-order valence-corrected chi connectivity index (χ3v) is 3.28. The van der Waals surface area contributed by atoms with Crippen LogP contribution in [0.2, 0.25) is 0 Å². The topological polar surface area (TPSA) is 46.1 Å². The SMILES string of the molecule is Cc1ncc(CN(C)C(=O)c2ccnc(F)c2)s1. The van der Waals surface area contributed by atoms with Crippen molar-refractivity contribution < 1.29 is 9.18 Å². The molecule has 0 aliphatic carbocycles. The summed E-state index contributed by atoms with van der Waals surface area (Å²) in [5.41, 5.74) is 0.297. The summed E-state index contributed by atoms with van der Waals surface area (Å²) in [6, 6.07) is 2.64. The Balaban J connectivity index is 2.09. The lowest BCUT2D eigenvalue weighted by atomic mass is 10.2. The number of aryl methyl sites for hydroxylation is 1. The second-order valence-electron chi connectivity index (χ2n) is 3.87. The van der Waals surface area contributed by atoms with E-state index in [2.05, 4.69) is 9.97 Å². The van der Waals surface area contributed by atoms with Crippen LogP contribution in [-0.2, 0) is 6.54 Å². The molecule has 0 aromatic carbocycles. The molecule has 0 aliphatic rings. The number of hydrogen-bond acceptors (Lipinski definition) is 4. The number of aromatic nitrogens is 2. The molecule has 2 aromatic rings. The predicted molar refractivity (Wildman–Crippen MR) is 66.8 cm³/mol. The molecule has 2 aromatic heterocycles. The van der Waals surface area contributed by atoms with Gasteiger partial charge in [-0.2, -0.15) is 4.39 Å². The third kappa shape index (κ3) is 2.89. The Morgan fingerprint density at radius 3 is 2.89 bits per heavy atom. The molecule has 0 radical (unpaired) electrons. The van der Waals surface area contributed by atoms with Crippen LogP contribution in [0.15, 0.2) is 24.5 Å². The van der Waals surface area contributed by atoms with Gasteiger partial charge in [0.1, 0.15) is 0 Å². The Bertz CT molecular complexity index is 570. The van der Waals surface area contributed by atoms with E-state index < -0.39 is 5.95 Å². The van der Waals surface area contributed by atoms with Gasteiger partial charge in [0.15, 0.2) is 0 Å². The predicted octanol–water partition coefficient (Wildman–Crippen LogP) is 2.26. The molecule has 0 fully saturated rings. The van der Waals surface area contributed by atoms with Gasteiger partial charge in [-0.15, -0.1) is 11.3 Å². The number of amides is 1. The van der Waals surface area contributed by atoms with Gasteiger partial charge < -0.3 is 4.90 Å². The molecule has 0 N–H and O–H groups in total. The first kappa shape index (κ1) is 12.6. The van der Waals surface area contributed by atoms with E-state index in [1.807, 2.05) is 6.92 Å². The van der Waals surface area contributed by atoms with Gasteiger partial charge in [-0.05, 0) is 13.0 Å². The second-order valence-corrected chi connectivity index (χ2v) is 5.19. The van der Waals surface area contributed by atoms with Crippen molar-refractivity contribution in [2.45, 2.75) is 13.5 Å². The highest BCUT2D eigenvalue weighted by molar-refractivity contribution is 7.11. The zero-order chi connectivity index (χ0) is 13.1. The standard InChI is InChI=1S/C12H12FN3OS/c1-8-15-6-10(18-8)7-16(2)12(17)9-3-4-14-11(13)5-9/h3-6H,7H2,1-2H3. The smallest absolute Gasteiger partial charge is 0.254 e. The van der Waals surface area contributed by atoms with Crippen molar-refractivity contribution in [3.63, 3.8) is 0 Å². The summed E-state index contributed by atoms with van der Waals surface area (Å²) < 4.78 is 12.9. The number of carbonyl (C=O) groups is 1. The monoisotopic (exact) mass is 265 g/mol. The lowest BCUT2D eigenvalue weighted by Crippen LogP contribution is -2.25. The number of pyridine rings is 1. The molecule has 1 amide bonds. The zero-order valence-electron chi connectivity index (χ0n) is 10.1. The summed E-state index contributed by atoms with van der Waals surface area (Å²) in [5, 5.41) is 0.959. The molecule has 0 saturated carbocycles. The van der Waals surface area contributed by atoms with E-state index in [4.69, 9.17) is 0 Å². The lowest BCUT2D eigenvalue weighted by molar-refractivity contribution is 0.0785. The van der Waals surface area contributed by atoms with Crippen LogP contribution in [0.5, 0.6) is 0 Å². The van der Waals surface area contributed by atoms with Crippen molar-refractivity contribution in [1.29, 1.82) is 0 Å². The Morgan fingerprint density at radius 1 is 1.50 bits per heavy atom.